The molecular formula is C10H16O5. The summed E-state index contributed by atoms with van der Waals surface area (Å²) in [5.74, 6) is -0.827. The van der Waals surface area contributed by atoms with Gasteiger partial charge in [-0.05, 0) is 6.42 Å². The van der Waals surface area contributed by atoms with Gasteiger partial charge in [-0.25, -0.2) is 0 Å². The minimum Gasteiger partial charge on any atom is -0.456 e. The van der Waals surface area contributed by atoms with Crippen LogP contribution in [-0.2, 0) is 23.8 Å². The summed E-state index contributed by atoms with van der Waals surface area (Å²) in [5.41, 5.74) is 0. The van der Waals surface area contributed by atoms with Gasteiger partial charge < -0.3 is 14.2 Å². The summed E-state index contributed by atoms with van der Waals surface area (Å²) in [5, 5.41) is 0. The monoisotopic (exact) mass is 216 g/mol. The molecule has 1 aliphatic heterocycles. The maximum Gasteiger partial charge on any atom is 0.305 e. The first-order valence-electron chi connectivity index (χ1n) is 5.02. The third-order valence-corrected chi connectivity index (χ3v) is 2.18. The van der Waals surface area contributed by atoms with Crippen molar-refractivity contribution in [1.82, 2.24) is 0 Å². The number of carbonyl (C=O) groups excluding carboxylic acids is 2. The fourth-order valence-corrected chi connectivity index (χ4v) is 1.55. The molecule has 15 heavy (non-hydrogen) atoms. The molecule has 86 valence electrons. The average molecular weight is 216 g/mol. The zero-order valence-electron chi connectivity index (χ0n) is 9.19. The van der Waals surface area contributed by atoms with Gasteiger partial charge in [-0.15, -0.1) is 0 Å². The summed E-state index contributed by atoms with van der Waals surface area (Å²) < 4.78 is 15.3. The van der Waals surface area contributed by atoms with Crippen LogP contribution in [0.3, 0.4) is 0 Å². The van der Waals surface area contributed by atoms with E-state index < -0.39 is 24.3 Å². The Morgan fingerprint density at radius 1 is 1.27 bits per heavy atom. The summed E-state index contributed by atoms with van der Waals surface area (Å²) in [6, 6.07) is 0. The van der Waals surface area contributed by atoms with Gasteiger partial charge in [-0.2, -0.15) is 0 Å². The molecule has 0 aromatic heterocycles. The Morgan fingerprint density at radius 3 is 2.33 bits per heavy atom. The Balaban J connectivity index is 2.56. The van der Waals surface area contributed by atoms with Crippen molar-refractivity contribution in [3.05, 3.63) is 0 Å². The molecule has 5 nitrogen and oxygen atoms in total. The maximum absolute atomic E-state index is 10.8. The first-order chi connectivity index (χ1) is 7.02. The minimum atomic E-state index is -0.753. The van der Waals surface area contributed by atoms with Gasteiger partial charge in [0, 0.05) is 20.3 Å². The molecule has 0 spiro atoms. The molecule has 0 radical (unpaired) electrons. The zero-order chi connectivity index (χ0) is 11.4. The van der Waals surface area contributed by atoms with Crippen molar-refractivity contribution in [2.24, 2.45) is 0 Å². The topological polar surface area (TPSA) is 61.8 Å². The number of ether oxygens (including phenoxy) is 3. The van der Waals surface area contributed by atoms with Crippen LogP contribution in [0, 0.1) is 0 Å². The van der Waals surface area contributed by atoms with Crippen molar-refractivity contribution in [1.29, 1.82) is 0 Å². The Bertz CT molecular complexity index is 226. The van der Waals surface area contributed by atoms with Gasteiger partial charge in [0.1, 0.15) is 0 Å². The fourth-order valence-electron chi connectivity index (χ4n) is 1.55. The first kappa shape index (κ1) is 12.0. The van der Waals surface area contributed by atoms with Crippen molar-refractivity contribution >= 4 is 11.9 Å². The molecule has 1 rings (SSSR count). The van der Waals surface area contributed by atoms with Crippen molar-refractivity contribution in [3.63, 3.8) is 0 Å². The van der Waals surface area contributed by atoms with Crippen LogP contribution in [0.5, 0.6) is 0 Å². The Labute approximate surface area is 88.7 Å². The van der Waals surface area contributed by atoms with Crippen LogP contribution in [0.15, 0.2) is 0 Å². The van der Waals surface area contributed by atoms with Crippen molar-refractivity contribution in [2.45, 2.75) is 52.1 Å². The van der Waals surface area contributed by atoms with E-state index >= 15 is 0 Å². The highest BCUT2D eigenvalue weighted by atomic mass is 16.7. The molecule has 3 atom stereocenters. The lowest BCUT2D eigenvalue weighted by molar-refractivity contribution is -0.194. The minimum absolute atomic E-state index is 0.0151. The Kier molecular flexibility index (Phi) is 4.08. The molecule has 0 aromatic rings. The van der Waals surface area contributed by atoms with Gasteiger partial charge in [-0.1, -0.05) is 6.92 Å². The van der Waals surface area contributed by atoms with Gasteiger partial charge in [0.15, 0.2) is 6.10 Å². The molecule has 3 unspecified atom stereocenters. The molecule has 1 aliphatic rings. The van der Waals surface area contributed by atoms with E-state index in [-0.39, 0.29) is 6.10 Å². The average Bonchev–Trinajstić information content (AvgIpc) is 2.46. The van der Waals surface area contributed by atoms with Crippen LogP contribution < -0.4 is 0 Å². The smallest absolute Gasteiger partial charge is 0.305 e. The van der Waals surface area contributed by atoms with Crippen molar-refractivity contribution in [2.75, 3.05) is 0 Å². The number of rotatable bonds is 3. The first-order valence-corrected chi connectivity index (χ1v) is 5.02. The fraction of sp³-hybridized carbons (Fsp3) is 0.800. The standard InChI is InChI=1S/C10H16O5/c1-4-8-5-9(13-6(2)11)10(15-8)14-7(3)12/h8-10H,4-5H2,1-3H3. The van der Waals surface area contributed by atoms with E-state index in [1.807, 2.05) is 6.92 Å². The zero-order valence-corrected chi connectivity index (χ0v) is 9.19. The molecule has 0 amide bonds. The van der Waals surface area contributed by atoms with E-state index in [1.54, 1.807) is 0 Å². The van der Waals surface area contributed by atoms with Gasteiger partial charge in [-0.3, -0.25) is 9.59 Å². The third kappa shape index (κ3) is 3.51. The normalized spacial score (nSPS) is 29.9. The molecule has 1 heterocycles. The van der Waals surface area contributed by atoms with E-state index in [9.17, 15) is 9.59 Å². The van der Waals surface area contributed by atoms with Crippen LogP contribution in [-0.4, -0.2) is 30.4 Å². The van der Waals surface area contributed by atoms with Crippen LogP contribution in [0.25, 0.3) is 0 Å². The summed E-state index contributed by atoms with van der Waals surface area (Å²) in [4.78, 5) is 21.6. The molecule has 0 N–H and O–H groups in total. The second-order valence-corrected chi connectivity index (χ2v) is 3.53. The number of hydrogen-bond acceptors (Lipinski definition) is 5. The highest BCUT2D eigenvalue weighted by Crippen LogP contribution is 2.26. The summed E-state index contributed by atoms with van der Waals surface area (Å²) in [7, 11) is 0. The van der Waals surface area contributed by atoms with Gasteiger partial charge in [0.05, 0.1) is 6.10 Å². The van der Waals surface area contributed by atoms with Crippen LogP contribution in [0.4, 0.5) is 0 Å². The SMILES string of the molecule is CCC1CC(OC(C)=O)C(OC(C)=O)O1. The van der Waals surface area contributed by atoms with Crippen LogP contribution in [0.1, 0.15) is 33.6 Å². The lowest BCUT2D eigenvalue weighted by Gasteiger charge is -2.17. The lowest BCUT2D eigenvalue weighted by Crippen LogP contribution is -2.30. The molecule has 5 heteroatoms. The van der Waals surface area contributed by atoms with Crippen LogP contribution in [0.2, 0.25) is 0 Å². The summed E-state index contributed by atoms with van der Waals surface area (Å²) in [6.45, 7) is 4.59. The molecule has 1 fully saturated rings. The number of hydrogen-bond donors (Lipinski definition) is 0. The van der Waals surface area contributed by atoms with Crippen molar-refractivity contribution in [3.8, 4) is 0 Å². The van der Waals surface area contributed by atoms with E-state index in [0.29, 0.717) is 6.42 Å². The molecule has 0 saturated carbocycles. The third-order valence-electron chi connectivity index (χ3n) is 2.18. The van der Waals surface area contributed by atoms with E-state index in [0.717, 1.165) is 6.42 Å². The van der Waals surface area contributed by atoms with Gasteiger partial charge >= 0.3 is 11.9 Å². The second kappa shape index (κ2) is 5.11. The predicted molar refractivity (Wildman–Crippen MR) is 50.9 cm³/mol. The summed E-state index contributed by atoms with van der Waals surface area (Å²) in [6.07, 6.45) is 0.134. The lowest BCUT2D eigenvalue weighted by atomic mass is 10.1. The summed E-state index contributed by atoms with van der Waals surface area (Å²) >= 11 is 0. The number of esters is 2. The molecule has 1 saturated heterocycles. The highest BCUT2D eigenvalue weighted by molar-refractivity contribution is 5.67. The molecule has 0 aromatic carbocycles. The largest absolute Gasteiger partial charge is 0.456 e. The molecule has 0 bridgehead atoms. The molecular weight excluding hydrogens is 200 g/mol. The quantitative estimate of drug-likeness (QED) is 0.659. The van der Waals surface area contributed by atoms with E-state index in [1.165, 1.54) is 13.8 Å². The van der Waals surface area contributed by atoms with E-state index in [4.69, 9.17) is 14.2 Å². The second-order valence-electron chi connectivity index (χ2n) is 3.53. The van der Waals surface area contributed by atoms with Crippen LogP contribution >= 0.6 is 0 Å². The van der Waals surface area contributed by atoms with Gasteiger partial charge in [0.25, 0.3) is 0 Å². The Hall–Kier alpha value is -1.10. The Morgan fingerprint density at radius 2 is 1.87 bits per heavy atom. The number of carbonyl (C=O) groups is 2. The molecule has 0 aliphatic carbocycles. The van der Waals surface area contributed by atoms with Crippen molar-refractivity contribution < 1.29 is 23.8 Å². The van der Waals surface area contributed by atoms with E-state index in [2.05, 4.69) is 0 Å². The predicted octanol–water partition coefficient (Wildman–Crippen LogP) is 1.01. The highest BCUT2D eigenvalue weighted by Gasteiger charge is 2.38. The maximum atomic E-state index is 10.8. The van der Waals surface area contributed by atoms with Gasteiger partial charge in [0.2, 0.25) is 6.29 Å².